The molecule has 0 atom stereocenters. The number of hydrogen-bond donors (Lipinski definition) is 0. The van der Waals surface area contributed by atoms with Gasteiger partial charge >= 0.3 is 0 Å². The van der Waals surface area contributed by atoms with Gasteiger partial charge in [-0.2, -0.15) is 0 Å². The van der Waals surface area contributed by atoms with E-state index in [-0.39, 0.29) is 0 Å². The van der Waals surface area contributed by atoms with Crippen molar-refractivity contribution < 1.29 is 4.42 Å². The summed E-state index contributed by atoms with van der Waals surface area (Å²) in [6.45, 7) is 0.403. The molecule has 0 aromatic carbocycles. The lowest BCUT2D eigenvalue weighted by Crippen LogP contribution is -1.83. The van der Waals surface area contributed by atoms with E-state index < -0.39 is 0 Å². The summed E-state index contributed by atoms with van der Waals surface area (Å²) in [6.07, 6.45) is 0.594. The van der Waals surface area contributed by atoms with Crippen molar-refractivity contribution in [2.45, 2.75) is 6.42 Å². The number of nitrogens with zero attached hydrogens (tertiary/aromatic N) is 3. The number of rotatable bonds is 3. The predicted molar refractivity (Wildman–Crippen MR) is 41.4 cm³/mol. The first-order chi connectivity index (χ1) is 5.33. The van der Waals surface area contributed by atoms with E-state index in [1.807, 2.05) is 0 Å². The molecule has 0 unspecified atom stereocenters. The lowest BCUT2D eigenvalue weighted by atomic mass is 10.3. The van der Waals surface area contributed by atoms with Gasteiger partial charge in [0.15, 0.2) is 5.22 Å². The molecule has 1 heterocycles. The molecule has 11 heavy (non-hydrogen) atoms. The molecule has 0 spiro atoms. The van der Waals surface area contributed by atoms with E-state index in [2.05, 4.69) is 10.0 Å². The molecule has 0 saturated carbocycles. The molecule has 0 aliphatic rings. The van der Waals surface area contributed by atoms with Crippen LogP contribution >= 0.6 is 11.6 Å². The van der Waals surface area contributed by atoms with Crippen molar-refractivity contribution in [2.75, 3.05) is 6.54 Å². The zero-order valence-electron chi connectivity index (χ0n) is 5.70. The Kier molecular flexibility index (Phi) is 2.83. The average molecular weight is 172 g/mol. The topological polar surface area (TPSA) is 61.9 Å². The second kappa shape index (κ2) is 3.91. The minimum Gasteiger partial charge on any atom is -0.450 e. The van der Waals surface area contributed by atoms with Gasteiger partial charge in [0.2, 0.25) is 0 Å². The van der Waals surface area contributed by atoms with Crippen molar-refractivity contribution in [3.05, 3.63) is 33.6 Å². The molecule has 4 nitrogen and oxygen atoms in total. The van der Waals surface area contributed by atoms with Crippen LogP contribution in [0.1, 0.15) is 5.76 Å². The van der Waals surface area contributed by atoms with E-state index in [0.717, 1.165) is 5.76 Å². The van der Waals surface area contributed by atoms with Crippen LogP contribution in [-0.4, -0.2) is 6.54 Å². The molecule has 5 heteroatoms. The highest BCUT2D eigenvalue weighted by Gasteiger charge is 1.96. The summed E-state index contributed by atoms with van der Waals surface area (Å²) in [5.74, 6) is 0.738. The smallest absolute Gasteiger partial charge is 0.193 e. The summed E-state index contributed by atoms with van der Waals surface area (Å²) in [7, 11) is 0. The number of azide groups is 1. The van der Waals surface area contributed by atoms with Crippen molar-refractivity contribution >= 4 is 11.6 Å². The van der Waals surface area contributed by atoms with Crippen LogP contribution in [0.2, 0.25) is 5.22 Å². The third-order valence-electron chi connectivity index (χ3n) is 1.15. The summed E-state index contributed by atoms with van der Waals surface area (Å²) >= 11 is 5.50. The first kappa shape index (κ1) is 7.98. The van der Waals surface area contributed by atoms with Crippen LogP contribution in [0.25, 0.3) is 10.4 Å². The number of halogens is 1. The van der Waals surface area contributed by atoms with Gasteiger partial charge in [-0.25, -0.2) is 0 Å². The molecule has 0 aliphatic carbocycles. The second-order valence-corrected chi connectivity index (χ2v) is 2.28. The average Bonchev–Trinajstić information content (AvgIpc) is 2.37. The molecule has 0 bridgehead atoms. The molecule has 1 aromatic rings. The fourth-order valence-corrected chi connectivity index (χ4v) is 0.853. The molecule has 0 radical (unpaired) electrons. The standard InChI is InChI=1S/C6H6ClN3O/c7-6-2-1-5(11-6)3-4-9-10-8/h1-2H,3-4H2. The number of hydrogen-bond acceptors (Lipinski definition) is 2. The third kappa shape index (κ3) is 2.53. The fraction of sp³-hybridized carbons (Fsp3) is 0.333. The normalized spacial score (nSPS) is 9.18. The Labute approximate surface area is 68.4 Å². The lowest BCUT2D eigenvalue weighted by Gasteiger charge is -1.87. The SMILES string of the molecule is [N-]=[N+]=NCCc1ccc(Cl)o1. The Morgan fingerprint density at radius 2 is 2.45 bits per heavy atom. The zero-order chi connectivity index (χ0) is 8.10. The van der Waals surface area contributed by atoms with Gasteiger partial charge in [-0.05, 0) is 29.3 Å². The molecule has 0 amide bonds. The van der Waals surface area contributed by atoms with Crippen LogP contribution in [0.15, 0.2) is 21.7 Å². The Hall–Kier alpha value is -1.12. The molecule has 0 fully saturated rings. The van der Waals surface area contributed by atoms with E-state index >= 15 is 0 Å². The van der Waals surface area contributed by atoms with E-state index in [9.17, 15) is 0 Å². The highest BCUT2D eigenvalue weighted by molar-refractivity contribution is 6.28. The van der Waals surface area contributed by atoms with Gasteiger partial charge in [0.05, 0.1) is 0 Å². The maximum atomic E-state index is 7.95. The Morgan fingerprint density at radius 3 is 3.00 bits per heavy atom. The monoisotopic (exact) mass is 171 g/mol. The van der Waals surface area contributed by atoms with Crippen molar-refractivity contribution in [3.8, 4) is 0 Å². The van der Waals surface area contributed by atoms with Crippen molar-refractivity contribution in [1.29, 1.82) is 0 Å². The maximum absolute atomic E-state index is 7.95. The van der Waals surface area contributed by atoms with Crippen molar-refractivity contribution in [3.63, 3.8) is 0 Å². The molecular formula is C6H6ClN3O. The van der Waals surface area contributed by atoms with Crippen molar-refractivity contribution in [2.24, 2.45) is 5.11 Å². The first-order valence-electron chi connectivity index (χ1n) is 3.08. The van der Waals surface area contributed by atoms with E-state index in [1.54, 1.807) is 12.1 Å². The fourth-order valence-electron chi connectivity index (χ4n) is 0.691. The molecular weight excluding hydrogens is 166 g/mol. The Balaban J connectivity index is 2.44. The van der Waals surface area contributed by atoms with Gasteiger partial charge in [-0.1, -0.05) is 5.11 Å². The Bertz CT molecular complexity index is 277. The summed E-state index contributed by atoms with van der Waals surface area (Å²) < 4.78 is 5.01. The van der Waals surface area contributed by atoms with Gasteiger partial charge in [0.25, 0.3) is 0 Å². The second-order valence-electron chi connectivity index (χ2n) is 1.91. The largest absolute Gasteiger partial charge is 0.450 e. The zero-order valence-corrected chi connectivity index (χ0v) is 6.45. The van der Waals surface area contributed by atoms with E-state index in [1.165, 1.54) is 0 Å². The lowest BCUT2D eigenvalue weighted by molar-refractivity contribution is 0.512. The van der Waals surface area contributed by atoms with Gasteiger partial charge in [0, 0.05) is 17.9 Å². The van der Waals surface area contributed by atoms with Crippen LogP contribution in [0.3, 0.4) is 0 Å². The summed E-state index contributed by atoms with van der Waals surface area (Å²) in [6, 6.07) is 3.42. The predicted octanol–water partition coefficient (Wildman–Crippen LogP) is 2.79. The minimum absolute atomic E-state index is 0.362. The molecule has 0 N–H and O–H groups in total. The molecule has 0 aliphatic heterocycles. The molecule has 1 rings (SSSR count). The summed E-state index contributed by atoms with van der Waals surface area (Å²) in [5, 5.41) is 3.72. The molecule has 0 saturated heterocycles. The highest BCUT2D eigenvalue weighted by atomic mass is 35.5. The van der Waals surface area contributed by atoms with Crippen LogP contribution in [0, 0.1) is 0 Å². The van der Waals surface area contributed by atoms with Gasteiger partial charge in [-0.15, -0.1) is 0 Å². The highest BCUT2D eigenvalue weighted by Crippen LogP contribution is 2.13. The van der Waals surface area contributed by atoms with Gasteiger partial charge < -0.3 is 4.42 Å². The van der Waals surface area contributed by atoms with Crippen LogP contribution in [0.4, 0.5) is 0 Å². The number of furan rings is 1. The van der Waals surface area contributed by atoms with E-state index in [0.29, 0.717) is 18.2 Å². The minimum atomic E-state index is 0.362. The first-order valence-corrected chi connectivity index (χ1v) is 3.46. The van der Waals surface area contributed by atoms with E-state index in [4.69, 9.17) is 21.5 Å². The molecule has 58 valence electrons. The Morgan fingerprint density at radius 1 is 1.64 bits per heavy atom. The third-order valence-corrected chi connectivity index (χ3v) is 1.35. The molecule has 1 aromatic heterocycles. The van der Waals surface area contributed by atoms with Crippen LogP contribution in [-0.2, 0) is 6.42 Å². The maximum Gasteiger partial charge on any atom is 0.193 e. The van der Waals surface area contributed by atoms with Gasteiger partial charge in [0.1, 0.15) is 5.76 Å². The quantitative estimate of drug-likeness (QED) is 0.392. The van der Waals surface area contributed by atoms with Crippen molar-refractivity contribution in [1.82, 2.24) is 0 Å². The van der Waals surface area contributed by atoms with Gasteiger partial charge in [-0.3, -0.25) is 0 Å². The van der Waals surface area contributed by atoms with Crippen LogP contribution < -0.4 is 0 Å². The summed E-state index contributed by atoms with van der Waals surface area (Å²) in [5.41, 5.74) is 7.95. The van der Waals surface area contributed by atoms with Crippen LogP contribution in [0.5, 0.6) is 0 Å². The summed E-state index contributed by atoms with van der Waals surface area (Å²) in [4.78, 5) is 2.61.